The maximum absolute atomic E-state index is 12.6. The van der Waals surface area contributed by atoms with Gasteiger partial charge in [-0.25, -0.2) is 13.1 Å². The van der Waals surface area contributed by atoms with E-state index in [0.29, 0.717) is 50.1 Å². The molecule has 0 bridgehead atoms. The van der Waals surface area contributed by atoms with Gasteiger partial charge in [0.2, 0.25) is 21.8 Å². The van der Waals surface area contributed by atoms with Crippen molar-refractivity contribution < 1.29 is 27.5 Å². The van der Waals surface area contributed by atoms with Gasteiger partial charge in [0.1, 0.15) is 0 Å². The average Bonchev–Trinajstić information content (AvgIpc) is 3.25. The number of likely N-dealkylation sites (tertiary alicyclic amines) is 2. The molecule has 33 heavy (non-hydrogen) atoms. The summed E-state index contributed by atoms with van der Waals surface area (Å²) in [7, 11) is -3.76. The summed E-state index contributed by atoms with van der Waals surface area (Å²) in [6.07, 6.45) is 5.22. The number of hydrogen-bond donors (Lipinski definition) is 1. The van der Waals surface area contributed by atoms with Gasteiger partial charge in [-0.1, -0.05) is 0 Å². The SMILES string of the molecule is O=C(CCNS(=O)(=O)c1ccc2c(c1)OCCCO2)N1CCC(CC(=O)N2CCCC2)CC1. The Labute approximate surface area is 195 Å². The van der Waals surface area contributed by atoms with Gasteiger partial charge in [0, 0.05) is 58.1 Å². The molecule has 1 aromatic carbocycles. The van der Waals surface area contributed by atoms with E-state index in [1.54, 1.807) is 11.0 Å². The average molecular weight is 480 g/mol. The molecule has 1 N–H and O–H groups in total. The number of rotatable bonds is 7. The van der Waals surface area contributed by atoms with E-state index in [1.807, 2.05) is 4.90 Å². The lowest BCUT2D eigenvalue weighted by molar-refractivity contribution is -0.133. The van der Waals surface area contributed by atoms with Crippen LogP contribution in [0.3, 0.4) is 0 Å². The summed E-state index contributed by atoms with van der Waals surface area (Å²) in [6, 6.07) is 4.53. The molecule has 0 aliphatic carbocycles. The van der Waals surface area contributed by atoms with E-state index < -0.39 is 10.0 Å². The molecule has 0 aromatic heterocycles. The van der Waals surface area contributed by atoms with Crippen molar-refractivity contribution in [3.8, 4) is 11.5 Å². The summed E-state index contributed by atoms with van der Waals surface area (Å²) >= 11 is 0. The topological polar surface area (TPSA) is 105 Å². The summed E-state index contributed by atoms with van der Waals surface area (Å²) in [6.45, 7) is 4.02. The first kappa shape index (κ1) is 23.8. The van der Waals surface area contributed by atoms with E-state index in [0.717, 1.165) is 45.2 Å². The van der Waals surface area contributed by atoms with Gasteiger partial charge in [0.15, 0.2) is 11.5 Å². The van der Waals surface area contributed by atoms with E-state index in [1.165, 1.54) is 12.1 Å². The molecule has 0 atom stereocenters. The molecule has 10 heteroatoms. The van der Waals surface area contributed by atoms with Crippen LogP contribution in [0.5, 0.6) is 11.5 Å². The summed E-state index contributed by atoms with van der Waals surface area (Å²) in [5.41, 5.74) is 0. The molecular weight excluding hydrogens is 446 g/mol. The quantitative estimate of drug-likeness (QED) is 0.639. The van der Waals surface area contributed by atoms with Crippen LogP contribution in [0.1, 0.15) is 44.9 Å². The lowest BCUT2D eigenvalue weighted by Crippen LogP contribution is -2.41. The summed E-state index contributed by atoms with van der Waals surface area (Å²) < 4.78 is 38.9. The monoisotopic (exact) mass is 479 g/mol. The van der Waals surface area contributed by atoms with E-state index in [4.69, 9.17) is 9.47 Å². The zero-order valence-corrected chi connectivity index (χ0v) is 19.8. The molecule has 2 saturated heterocycles. The summed E-state index contributed by atoms with van der Waals surface area (Å²) in [5, 5.41) is 0. The molecule has 0 spiro atoms. The van der Waals surface area contributed by atoms with Crippen LogP contribution in [0.4, 0.5) is 0 Å². The number of hydrogen-bond acceptors (Lipinski definition) is 6. The van der Waals surface area contributed by atoms with Crippen LogP contribution in [-0.4, -0.2) is 76.0 Å². The number of sulfonamides is 1. The van der Waals surface area contributed by atoms with Gasteiger partial charge in [-0.3, -0.25) is 9.59 Å². The standard InChI is InChI=1S/C23H33N3O6S/c27-22(26-12-7-18(8-13-26)16-23(28)25-10-1-2-11-25)6-9-24-33(29,30)19-4-5-20-21(17-19)32-15-3-14-31-20/h4-5,17-18,24H,1-3,6-16H2. The number of ether oxygens (including phenoxy) is 2. The molecule has 3 heterocycles. The number of nitrogens with zero attached hydrogens (tertiary/aromatic N) is 2. The second kappa shape index (κ2) is 10.7. The molecular formula is C23H33N3O6S. The maximum atomic E-state index is 12.6. The van der Waals surface area contributed by atoms with Crippen molar-refractivity contribution in [3.63, 3.8) is 0 Å². The Morgan fingerprint density at radius 3 is 2.30 bits per heavy atom. The number of piperidine rings is 1. The fraction of sp³-hybridized carbons (Fsp3) is 0.652. The molecule has 3 aliphatic rings. The third-order valence-electron chi connectivity index (χ3n) is 6.55. The van der Waals surface area contributed by atoms with Crippen molar-refractivity contribution in [2.45, 2.75) is 49.8 Å². The van der Waals surface area contributed by atoms with Crippen molar-refractivity contribution >= 4 is 21.8 Å². The molecule has 2 amide bonds. The van der Waals surface area contributed by atoms with E-state index in [9.17, 15) is 18.0 Å². The zero-order valence-electron chi connectivity index (χ0n) is 19.0. The van der Waals surface area contributed by atoms with Crippen molar-refractivity contribution in [3.05, 3.63) is 18.2 Å². The highest BCUT2D eigenvalue weighted by molar-refractivity contribution is 7.89. The second-order valence-corrected chi connectivity index (χ2v) is 10.7. The largest absolute Gasteiger partial charge is 0.490 e. The molecule has 0 radical (unpaired) electrons. The van der Waals surface area contributed by atoms with Crippen molar-refractivity contribution in [2.24, 2.45) is 5.92 Å². The molecule has 9 nitrogen and oxygen atoms in total. The minimum Gasteiger partial charge on any atom is -0.490 e. The number of amides is 2. The first-order chi connectivity index (χ1) is 15.9. The Kier molecular flexibility index (Phi) is 7.75. The van der Waals surface area contributed by atoms with Gasteiger partial charge in [-0.15, -0.1) is 0 Å². The van der Waals surface area contributed by atoms with Crippen LogP contribution in [0.25, 0.3) is 0 Å². The Bertz CT molecular complexity index is 953. The number of carbonyl (C=O) groups excluding carboxylic acids is 2. The van der Waals surface area contributed by atoms with E-state index >= 15 is 0 Å². The fourth-order valence-electron chi connectivity index (χ4n) is 4.57. The van der Waals surface area contributed by atoms with Crippen LogP contribution >= 0.6 is 0 Å². The van der Waals surface area contributed by atoms with Crippen LogP contribution < -0.4 is 14.2 Å². The van der Waals surface area contributed by atoms with Crippen molar-refractivity contribution in [1.82, 2.24) is 14.5 Å². The molecule has 1 aromatic rings. The van der Waals surface area contributed by atoms with E-state index in [-0.39, 0.29) is 29.7 Å². The van der Waals surface area contributed by atoms with Crippen LogP contribution in [0.2, 0.25) is 0 Å². The predicted octanol–water partition coefficient (Wildman–Crippen LogP) is 1.77. The fourth-order valence-corrected chi connectivity index (χ4v) is 5.62. The summed E-state index contributed by atoms with van der Waals surface area (Å²) in [5.74, 6) is 1.44. The molecule has 3 aliphatic heterocycles. The van der Waals surface area contributed by atoms with Gasteiger partial charge in [0.25, 0.3) is 0 Å². The van der Waals surface area contributed by atoms with Gasteiger partial charge in [0.05, 0.1) is 18.1 Å². The Hall–Kier alpha value is -2.33. The van der Waals surface area contributed by atoms with Crippen LogP contribution in [0.15, 0.2) is 23.1 Å². The van der Waals surface area contributed by atoms with Gasteiger partial charge < -0.3 is 19.3 Å². The smallest absolute Gasteiger partial charge is 0.240 e. The highest BCUT2D eigenvalue weighted by Gasteiger charge is 2.27. The zero-order chi connectivity index (χ0) is 23.3. The number of benzene rings is 1. The molecule has 0 saturated carbocycles. The Morgan fingerprint density at radius 2 is 1.58 bits per heavy atom. The first-order valence-electron chi connectivity index (χ1n) is 11.9. The molecule has 0 unspecified atom stereocenters. The minimum absolute atomic E-state index is 0.0307. The van der Waals surface area contributed by atoms with Crippen LogP contribution in [-0.2, 0) is 19.6 Å². The maximum Gasteiger partial charge on any atom is 0.240 e. The van der Waals surface area contributed by atoms with Gasteiger partial charge >= 0.3 is 0 Å². The number of carbonyl (C=O) groups is 2. The normalized spacial score (nSPS) is 19.4. The Morgan fingerprint density at radius 1 is 0.909 bits per heavy atom. The number of nitrogens with one attached hydrogen (secondary N) is 1. The lowest BCUT2D eigenvalue weighted by atomic mass is 9.93. The number of fused-ring (bicyclic) bond motifs is 1. The minimum atomic E-state index is -3.76. The third-order valence-corrected chi connectivity index (χ3v) is 8.01. The van der Waals surface area contributed by atoms with Crippen molar-refractivity contribution in [2.75, 3.05) is 45.9 Å². The van der Waals surface area contributed by atoms with Crippen LogP contribution in [0, 0.1) is 5.92 Å². The second-order valence-electron chi connectivity index (χ2n) is 8.92. The predicted molar refractivity (Wildman–Crippen MR) is 122 cm³/mol. The first-order valence-corrected chi connectivity index (χ1v) is 13.4. The van der Waals surface area contributed by atoms with Gasteiger partial charge in [-0.2, -0.15) is 0 Å². The molecule has 2 fully saturated rings. The van der Waals surface area contributed by atoms with Crippen molar-refractivity contribution in [1.29, 1.82) is 0 Å². The summed E-state index contributed by atoms with van der Waals surface area (Å²) in [4.78, 5) is 28.7. The lowest BCUT2D eigenvalue weighted by Gasteiger charge is -2.32. The van der Waals surface area contributed by atoms with Gasteiger partial charge in [-0.05, 0) is 43.7 Å². The highest BCUT2D eigenvalue weighted by atomic mass is 32.2. The Balaban J connectivity index is 1.21. The highest BCUT2D eigenvalue weighted by Crippen LogP contribution is 2.31. The molecule has 182 valence electrons. The molecule has 4 rings (SSSR count). The third kappa shape index (κ3) is 6.17. The van der Waals surface area contributed by atoms with E-state index in [2.05, 4.69) is 4.72 Å².